The Bertz CT molecular complexity index is 392. The fourth-order valence-electron chi connectivity index (χ4n) is 1.42. The molecule has 0 saturated carbocycles. The molecule has 1 aliphatic rings. The molecule has 1 radical (unpaired) electrons. The second kappa shape index (κ2) is 4.19. The van der Waals surface area contributed by atoms with Crippen LogP contribution in [0.1, 0.15) is 11.5 Å². The molecule has 0 spiro atoms. The Kier molecular flexibility index (Phi) is 3.40. The van der Waals surface area contributed by atoms with Crippen molar-refractivity contribution in [3.63, 3.8) is 0 Å². The van der Waals surface area contributed by atoms with Crippen molar-refractivity contribution < 1.29 is 42.3 Å². The van der Waals surface area contributed by atoms with E-state index in [1.165, 1.54) is 0 Å². The van der Waals surface area contributed by atoms with Gasteiger partial charge in [0.2, 0.25) is 5.91 Å². The maximum Gasteiger partial charge on any atom is 0.230 e. The Balaban J connectivity index is 0.000000980. The molecule has 1 aliphatic heterocycles. The predicted molar refractivity (Wildman–Crippen MR) is 46.4 cm³/mol. The fraction of sp³-hybridized carbons (Fsp3) is 0.111. The molecule has 1 aromatic carbocycles. The molecule has 2 N–H and O–H groups in total. The summed E-state index contributed by atoms with van der Waals surface area (Å²) in [5, 5.41) is 3.72. The van der Waals surface area contributed by atoms with Crippen LogP contribution in [-0.4, -0.2) is 11.8 Å². The minimum atomic E-state index is -0.879. The van der Waals surface area contributed by atoms with Crippen LogP contribution < -0.4 is 5.73 Å². The van der Waals surface area contributed by atoms with E-state index < -0.39 is 17.7 Å². The van der Waals surface area contributed by atoms with Crippen LogP contribution in [0.25, 0.3) is 5.32 Å². The van der Waals surface area contributed by atoms with E-state index in [2.05, 4.69) is 5.32 Å². The van der Waals surface area contributed by atoms with Crippen molar-refractivity contribution in [2.24, 2.45) is 5.73 Å². The average Bonchev–Trinajstić information content (AvgIpc) is 2.39. The summed E-state index contributed by atoms with van der Waals surface area (Å²) in [6, 6.07) is 6.90. The SMILES string of the molecule is NC(=O)C1C(=O)[N-]c2ccccc21.[Y]. The molecular formula is C9H7N2O2Y-. The third-order valence-corrected chi connectivity index (χ3v) is 2.01. The average molecular weight is 264 g/mol. The molecule has 14 heavy (non-hydrogen) atoms. The van der Waals surface area contributed by atoms with E-state index in [0.717, 1.165) is 0 Å². The number of hydrogen-bond donors (Lipinski definition) is 1. The number of hydrogen-bond acceptors (Lipinski definition) is 2. The van der Waals surface area contributed by atoms with Crippen LogP contribution in [0, 0.1) is 0 Å². The maximum atomic E-state index is 11.2. The van der Waals surface area contributed by atoms with Crippen LogP contribution in [0.15, 0.2) is 24.3 Å². The molecule has 0 bridgehead atoms. The summed E-state index contributed by atoms with van der Waals surface area (Å²) in [7, 11) is 0. The van der Waals surface area contributed by atoms with E-state index in [-0.39, 0.29) is 32.7 Å². The fourth-order valence-corrected chi connectivity index (χ4v) is 1.42. The van der Waals surface area contributed by atoms with Crippen molar-refractivity contribution in [2.75, 3.05) is 0 Å². The van der Waals surface area contributed by atoms with Crippen LogP contribution in [0.3, 0.4) is 0 Å². The van der Waals surface area contributed by atoms with Gasteiger partial charge in [-0.25, -0.2) is 0 Å². The molecule has 0 aromatic heterocycles. The first-order chi connectivity index (χ1) is 6.20. The molecule has 2 rings (SSSR count). The normalized spacial score (nSPS) is 18.0. The van der Waals surface area contributed by atoms with Gasteiger partial charge in [0.05, 0.1) is 5.91 Å². The molecule has 0 saturated heterocycles. The Morgan fingerprint density at radius 2 is 2.00 bits per heavy atom. The predicted octanol–water partition coefficient (Wildman–Crippen LogP) is 0.798. The van der Waals surface area contributed by atoms with Crippen molar-refractivity contribution in [3.05, 3.63) is 35.1 Å². The number of primary amides is 1. The van der Waals surface area contributed by atoms with Gasteiger partial charge in [0, 0.05) is 32.7 Å². The zero-order valence-electron chi connectivity index (χ0n) is 7.31. The van der Waals surface area contributed by atoms with Crippen LogP contribution in [0.5, 0.6) is 0 Å². The molecule has 1 unspecified atom stereocenters. The first-order valence-electron chi connectivity index (χ1n) is 3.84. The van der Waals surface area contributed by atoms with Gasteiger partial charge in [-0.3, -0.25) is 4.79 Å². The third-order valence-electron chi connectivity index (χ3n) is 2.01. The Hall–Kier alpha value is -0.736. The quantitative estimate of drug-likeness (QED) is 0.762. The van der Waals surface area contributed by atoms with Gasteiger partial charge in [0.25, 0.3) is 0 Å². The summed E-state index contributed by atoms with van der Waals surface area (Å²) in [4.78, 5) is 22.1. The zero-order chi connectivity index (χ0) is 9.42. The second-order valence-electron chi connectivity index (χ2n) is 2.84. The molecule has 5 heteroatoms. The summed E-state index contributed by atoms with van der Waals surface area (Å²) < 4.78 is 0. The maximum absolute atomic E-state index is 11.2. The number of amides is 2. The first-order valence-corrected chi connectivity index (χ1v) is 3.84. The van der Waals surface area contributed by atoms with E-state index in [9.17, 15) is 9.59 Å². The monoisotopic (exact) mass is 264 g/mol. The summed E-state index contributed by atoms with van der Waals surface area (Å²) in [5.74, 6) is -1.98. The number of carbonyl (C=O) groups excluding carboxylic acids is 2. The number of nitrogens with two attached hydrogens (primary N) is 1. The van der Waals surface area contributed by atoms with Gasteiger partial charge in [-0.15, -0.1) is 5.69 Å². The zero-order valence-corrected chi connectivity index (χ0v) is 10.1. The number of benzene rings is 1. The van der Waals surface area contributed by atoms with Gasteiger partial charge in [0.1, 0.15) is 5.92 Å². The van der Waals surface area contributed by atoms with Crippen LogP contribution in [0.4, 0.5) is 5.69 Å². The summed E-state index contributed by atoms with van der Waals surface area (Å²) in [5.41, 5.74) is 6.25. The van der Waals surface area contributed by atoms with E-state index >= 15 is 0 Å². The standard InChI is InChI=1S/C9H8N2O2.Y/c10-8(12)7-5-3-1-2-4-6(5)11-9(7)13;/h1-4,7H,(H3,10,11,12,13);/p-1. The number of nitrogens with zero attached hydrogens (tertiary/aromatic N) is 1. The molecule has 2 amide bonds. The van der Waals surface area contributed by atoms with Crippen LogP contribution in [-0.2, 0) is 42.3 Å². The number of fused-ring (bicyclic) bond motifs is 1. The summed E-state index contributed by atoms with van der Waals surface area (Å²) >= 11 is 0. The molecule has 0 aliphatic carbocycles. The van der Waals surface area contributed by atoms with E-state index in [0.29, 0.717) is 11.3 Å². The van der Waals surface area contributed by atoms with Gasteiger partial charge in [0.15, 0.2) is 0 Å². The minimum Gasteiger partial charge on any atom is -0.626 e. The number of carbonyl (C=O) groups is 2. The van der Waals surface area contributed by atoms with Crippen LogP contribution in [0.2, 0.25) is 0 Å². The Labute approximate surface area is 106 Å². The molecule has 1 atom stereocenters. The van der Waals surface area contributed by atoms with E-state index in [1.807, 2.05) is 0 Å². The molecule has 1 aromatic rings. The van der Waals surface area contributed by atoms with Gasteiger partial charge in [-0.05, 0) is 5.56 Å². The number of para-hydroxylation sites is 1. The van der Waals surface area contributed by atoms with Crippen molar-refractivity contribution >= 4 is 17.5 Å². The molecule has 69 valence electrons. The first kappa shape index (κ1) is 11.3. The summed E-state index contributed by atoms with van der Waals surface area (Å²) in [6.07, 6.45) is 0. The largest absolute Gasteiger partial charge is 0.626 e. The van der Waals surface area contributed by atoms with Crippen LogP contribution >= 0.6 is 0 Å². The summed E-state index contributed by atoms with van der Waals surface area (Å²) in [6.45, 7) is 0. The van der Waals surface area contributed by atoms with E-state index in [4.69, 9.17) is 5.73 Å². The minimum absolute atomic E-state index is 0. The van der Waals surface area contributed by atoms with Gasteiger partial charge >= 0.3 is 0 Å². The van der Waals surface area contributed by atoms with Crippen molar-refractivity contribution in [1.29, 1.82) is 0 Å². The van der Waals surface area contributed by atoms with Crippen molar-refractivity contribution in [1.82, 2.24) is 0 Å². The second-order valence-corrected chi connectivity index (χ2v) is 2.84. The van der Waals surface area contributed by atoms with Gasteiger partial charge in [-0.1, -0.05) is 24.3 Å². The molecule has 4 nitrogen and oxygen atoms in total. The molecule has 1 heterocycles. The van der Waals surface area contributed by atoms with Crippen molar-refractivity contribution in [2.45, 2.75) is 5.92 Å². The van der Waals surface area contributed by atoms with Gasteiger partial charge < -0.3 is 15.8 Å². The number of rotatable bonds is 1. The smallest absolute Gasteiger partial charge is 0.230 e. The Morgan fingerprint density at radius 1 is 1.36 bits per heavy atom. The third kappa shape index (κ3) is 1.72. The Morgan fingerprint density at radius 3 is 2.64 bits per heavy atom. The molecule has 0 fully saturated rings. The van der Waals surface area contributed by atoms with E-state index in [1.54, 1.807) is 24.3 Å². The van der Waals surface area contributed by atoms with Crippen molar-refractivity contribution in [3.8, 4) is 0 Å². The van der Waals surface area contributed by atoms with Gasteiger partial charge in [-0.2, -0.15) is 0 Å². The molecular weight excluding hydrogens is 257 g/mol. The topological polar surface area (TPSA) is 74.3 Å².